The number of benzene rings is 1. The number of sulfonamides is 1. The van der Waals surface area contributed by atoms with Crippen LogP contribution in [0.15, 0.2) is 47.6 Å². The van der Waals surface area contributed by atoms with Crippen LogP contribution in [-0.4, -0.2) is 32.9 Å². The molecule has 1 aliphatic heterocycles. The van der Waals surface area contributed by atoms with E-state index in [1.807, 2.05) is 18.3 Å². The van der Waals surface area contributed by atoms with Crippen LogP contribution < -0.4 is 9.62 Å². The van der Waals surface area contributed by atoms with Crippen LogP contribution in [0.4, 0.5) is 5.69 Å². The molecule has 0 spiro atoms. The molecule has 2 aromatic rings. The van der Waals surface area contributed by atoms with Gasteiger partial charge in [-0.15, -0.1) is 0 Å². The van der Waals surface area contributed by atoms with Crippen molar-refractivity contribution in [1.82, 2.24) is 9.71 Å². The third-order valence-corrected chi connectivity index (χ3v) is 5.80. The minimum absolute atomic E-state index is 0.0205. The molecule has 0 atom stereocenters. The highest BCUT2D eigenvalue weighted by Crippen LogP contribution is 2.29. The maximum atomic E-state index is 12.4. The largest absolute Gasteiger partial charge is 0.315 e. The van der Waals surface area contributed by atoms with E-state index >= 15 is 0 Å². The van der Waals surface area contributed by atoms with Gasteiger partial charge in [-0.05, 0) is 54.7 Å². The van der Waals surface area contributed by atoms with Gasteiger partial charge in [0.1, 0.15) is 0 Å². The zero-order valence-corrected chi connectivity index (χ0v) is 14.9. The molecule has 0 radical (unpaired) electrons. The zero-order chi connectivity index (χ0) is 17.9. The molecule has 1 N–H and O–H groups in total. The molecule has 1 amide bonds. The Labute approximate surface area is 147 Å². The van der Waals surface area contributed by atoms with Crippen LogP contribution in [0.25, 0.3) is 0 Å². The van der Waals surface area contributed by atoms with Gasteiger partial charge in [0.15, 0.2) is 0 Å². The monoisotopic (exact) mass is 359 g/mol. The van der Waals surface area contributed by atoms with E-state index in [1.165, 1.54) is 0 Å². The summed E-state index contributed by atoms with van der Waals surface area (Å²) in [6.45, 7) is 0.387. The Kier molecular flexibility index (Phi) is 5.15. The third kappa shape index (κ3) is 4.05. The predicted octanol–water partition coefficient (Wildman–Crippen LogP) is 1.90. The second kappa shape index (κ2) is 7.33. The zero-order valence-electron chi connectivity index (χ0n) is 14.1. The van der Waals surface area contributed by atoms with Gasteiger partial charge in [-0.25, -0.2) is 13.1 Å². The van der Waals surface area contributed by atoms with E-state index in [0.717, 1.165) is 36.1 Å². The lowest BCUT2D eigenvalue weighted by molar-refractivity contribution is -0.117. The van der Waals surface area contributed by atoms with Crippen LogP contribution in [0, 0.1) is 0 Å². The standard InChI is InChI=1S/C18H21N3O3S/c1-21-17-8-7-16(11-15(17)12-18(21)22)25(23,24)20-10-3-2-5-14-6-4-9-19-13-14/h4,6-9,11,13,20H,2-3,5,10,12H2,1H3. The molecule has 1 aromatic carbocycles. The van der Waals surface area contributed by atoms with Crippen LogP contribution in [0.3, 0.4) is 0 Å². The van der Waals surface area contributed by atoms with Crippen LogP contribution in [-0.2, 0) is 27.7 Å². The Morgan fingerprint density at radius 3 is 2.84 bits per heavy atom. The average molecular weight is 359 g/mol. The fraction of sp³-hybridized carbons (Fsp3) is 0.333. The number of anilines is 1. The highest BCUT2D eigenvalue weighted by molar-refractivity contribution is 7.89. The first-order chi connectivity index (χ1) is 12.0. The Bertz CT molecular complexity index is 866. The number of unbranched alkanes of at least 4 members (excludes halogenated alkanes) is 1. The van der Waals surface area contributed by atoms with Gasteiger partial charge in [0, 0.05) is 31.7 Å². The van der Waals surface area contributed by atoms with E-state index in [2.05, 4.69) is 9.71 Å². The molecule has 25 heavy (non-hydrogen) atoms. The summed E-state index contributed by atoms with van der Waals surface area (Å²) in [6.07, 6.45) is 6.33. The van der Waals surface area contributed by atoms with Crippen molar-refractivity contribution >= 4 is 21.6 Å². The highest BCUT2D eigenvalue weighted by Gasteiger charge is 2.26. The number of aromatic nitrogens is 1. The van der Waals surface area contributed by atoms with Gasteiger partial charge in [-0.3, -0.25) is 9.78 Å². The first kappa shape index (κ1) is 17.6. The van der Waals surface area contributed by atoms with Gasteiger partial charge in [-0.1, -0.05) is 6.07 Å². The normalized spacial score (nSPS) is 14.0. The van der Waals surface area contributed by atoms with Gasteiger partial charge in [-0.2, -0.15) is 0 Å². The first-order valence-corrected chi connectivity index (χ1v) is 9.74. The van der Waals surface area contributed by atoms with Crippen LogP contribution in [0.1, 0.15) is 24.0 Å². The van der Waals surface area contributed by atoms with E-state index in [1.54, 1.807) is 36.3 Å². The summed E-state index contributed by atoms with van der Waals surface area (Å²) in [5, 5.41) is 0. The van der Waals surface area contributed by atoms with Crippen LogP contribution in [0.2, 0.25) is 0 Å². The molecular formula is C18H21N3O3S. The lowest BCUT2D eigenvalue weighted by Gasteiger charge is -2.11. The number of pyridine rings is 1. The molecule has 7 heteroatoms. The van der Waals surface area contributed by atoms with Crippen molar-refractivity contribution in [2.75, 3.05) is 18.5 Å². The fourth-order valence-electron chi connectivity index (χ4n) is 2.90. The van der Waals surface area contributed by atoms with Crippen molar-refractivity contribution in [3.05, 3.63) is 53.9 Å². The number of rotatable bonds is 7. The topological polar surface area (TPSA) is 79.4 Å². The Balaban J connectivity index is 1.54. The molecule has 1 aliphatic rings. The molecule has 0 fully saturated rings. The van der Waals surface area contributed by atoms with E-state index in [4.69, 9.17) is 0 Å². The van der Waals surface area contributed by atoms with Gasteiger partial charge >= 0.3 is 0 Å². The van der Waals surface area contributed by atoms with Crippen molar-refractivity contribution in [1.29, 1.82) is 0 Å². The summed E-state index contributed by atoms with van der Waals surface area (Å²) < 4.78 is 27.5. The number of likely N-dealkylation sites (N-methyl/N-ethyl adjacent to an activating group) is 1. The van der Waals surface area contributed by atoms with Crippen molar-refractivity contribution < 1.29 is 13.2 Å². The number of carbonyl (C=O) groups is 1. The number of carbonyl (C=O) groups excluding carboxylic acids is 1. The smallest absolute Gasteiger partial charge is 0.240 e. The molecule has 0 aliphatic carbocycles. The van der Waals surface area contributed by atoms with Crippen molar-refractivity contribution in [3.8, 4) is 0 Å². The molecule has 2 heterocycles. The number of aryl methyl sites for hydroxylation is 1. The van der Waals surface area contributed by atoms with Crippen molar-refractivity contribution in [2.45, 2.75) is 30.6 Å². The molecule has 1 aromatic heterocycles. The highest BCUT2D eigenvalue weighted by atomic mass is 32.2. The van der Waals surface area contributed by atoms with Gasteiger partial charge in [0.2, 0.25) is 15.9 Å². The first-order valence-electron chi connectivity index (χ1n) is 8.25. The van der Waals surface area contributed by atoms with Crippen LogP contribution in [0.5, 0.6) is 0 Å². The van der Waals surface area contributed by atoms with Crippen molar-refractivity contribution in [2.24, 2.45) is 0 Å². The summed E-state index contributed by atoms with van der Waals surface area (Å²) in [4.78, 5) is 17.5. The summed E-state index contributed by atoms with van der Waals surface area (Å²) >= 11 is 0. The lowest BCUT2D eigenvalue weighted by Crippen LogP contribution is -2.25. The van der Waals surface area contributed by atoms with Gasteiger partial charge in [0.05, 0.1) is 11.3 Å². The molecule has 0 saturated heterocycles. The second-order valence-electron chi connectivity index (χ2n) is 6.14. The maximum absolute atomic E-state index is 12.4. The summed E-state index contributed by atoms with van der Waals surface area (Å²) in [5.74, 6) is -0.0205. The fourth-order valence-corrected chi connectivity index (χ4v) is 4.03. The molecule has 0 bridgehead atoms. The predicted molar refractivity (Wildman–Crippen MR) is 95.9 cm³/mol. The summed E-state index contributed by atoms with van der Waals surface area (Å²) in [5.41, 5.74) is 2.69. The Morgan fingerprint density at radius 1 is 1.24 bits per heavy atom. The molecule has 3 rings (SSSR count). The van der Waals surface area contributed by atoms with E-state index in [9.17, 15) is 13.2 Å². The maximum Gasteiger partial charge on any atom is 0.240 e. The minimum atomic E-state index is -3.55. The van der Waals surface area contributed by atoms with E-state index in [-0.39, 0.29) is 17.2 Å². The second-order valence-corrected chi connectivity index (χ2v) is 7.90. The molecule has 6 nitrogen and oxygen atoms in total. The van der Waals surface area contributed by atoms with Crippen molar-refractivity contribution in [3.63, 3.8) is 0 Å². The summed E-state index contributed by atoms with van der Waals surface area (Å²) in [7, 11) is -1.86. The minimum Gasteiger partial charge on any atom is -0.315 e. The van der Waals surface area contributed by atoms with Crippen LogP contribution >= 0.6 is 0 Å². The molecule has 0 saturated carbocycles. The van der Waals surface area contributed by atoms with Gasteiger partial charge in [0.25, 0.3) is 0 Å². The number of amides is 1. The number of hydrogen-bond acceptors (Lipinski definition) is 4. The number of fused-ring (bicyclic) bond motifs is 1. The van der Waals surface area contributed by atoms with E-state index in [0.29, 0.717) is 6.54 Å². The average Bonchev–Trinajstić information content (AvgIpc) is 2.89. The SMILES string of the molecule is CN1C(=O)Cc2cc(S(=O)(=O)NCCCCc3cccnc3)ccc21. The lowest BCUT2D eigenvalue weighted by atomic mass is 10.1. The third-order valence-electron chi connectivity index (χ3n) is 4.35. The van der Waals surface area contributed by atoms with E-state index < -0.39 is 10.0 Å². The molecule has 132 valence electrons. The quantitative estimate of drug-likeness (QED) is 0.766. The summed E-state index contributed by atoms with van der Waals surface area (Å²) in [6, 6.07) is 8.74. The molecule has 0 unspecified atom stereocenters. The molecular weight excluding hydrogens is 338 g/mol. The Morgan fingerprint density at radius 2 is 2.08 bits per heavy atom. The van der Waals surface area contributed by atoms with Gasteiger partial charge < -0.3 is 4.90 Å². The Hall–Kier alpha value is -2.25. The number of nitrogens with one attached hydrogen (secondary N) is 1. The number of hydrogen-bond donors (Lipinski definition) is 1. The number of nitrogens with zero attached hydrogens (tertiary/aromatic N) is 2.